The van der Waals surface area contributed by atoms with E-state index in [-0.39, 0.29) is 0 Å². The number of rotatable bonds is 7. The molecule has 0 fully saturated rings. The molecule has 0 heterocycles. The number of carbonyl (C=O) groups excluding carboxylic acids is 2. The topological polar surface area (TPSA) is 89.0 Å². The Bertz CT molecular complexity index is 914. The monoisotopic (exact) mass is 409 g/mol. The van der Waals surface area contributed by atoms with Crippen molar-refractivity contribution in [2.75, 3.05) is 20.8 Å². The van der Waals surface area contributed by atoms with Gasteiger partial charge in [0, 0.05) is 5.56 Å². The van der Waals surface area contributed by atoms with Crippen molar-refractivity contribution in [1.82, 2.24) is 10.7 Å². The summed E-state index contributed by atoms with van der Waals surface area (Å²) >= 11 is 0. The molecule has 2 aromatic carbocycles. The van der Waals surface area contributed by atoms with Crippen LogP contribution in [0.4, 0.5) is 13.2 Å². The molecule has 29 heavy (non-hydrogen) atoms. The molecule has 2 rings (SSSR count). The summed E-state index contributed by atoms with van der Waals surface area (Å²) in [6.07, 6.45) is -3.38. The molecule has 7 nitrogen and oxygen atoms in total. The maximum absolute atomic E-state index is 13.0. The van der Waals surface area contributed by atoms with Crippen molar-refractivity contribution in [2.24, 2.45) is 5.10 Å². The van der Waals surface area contributed by atoms with Gasteiger partial charge >= 0.3 is 6.18 Å². The van der Waals surface area contributed by atoms with E-state index in [1.807, 2.05) is 0 Å². The summed E-state index contributed by atoms with van der Waals surface area (Å²) in [5.41, 5.74) is 1.04. The highest BCUT2D eigenvalue weighted by atomic mass is 19.4. The Morgan fingerprint density at radius 2 is 1.79 bits per heavy atom. The fourth-order valence-corrected chi connectivity index (χ4v) is 2.41. The Kier molecular flexibility index (Phi) is 7.18. The van der Waals surface area contributed by atoms with Crippen molar-refractivity contribution in [3.63, 3.8) is 0 Å². The Morgan fingerprint density at radius 3 is 2.45 bits per heavy atom. The number of hydrogen-bond donors (Lipinski definition) is 2. The highest BCUT2D eigenvalue weighted by Crippen LogP contribution is 2.31. The minimum atomic E-state index is -4.68. The summed E-state index contributed by atoms with van der Waals surface area (Å²) in [5, 5.41) is 5.87. The molecule has 10 heteroatoms. The van der Waals surface area contributed by atoms with E-state index < -0.39 is 35.7 Å². The average molecular weight is 409 g/mol. The van der Waals surface area contributed by atoms with Gasteiger partial charge in [-0.05, 0) is 24.3 Å². The first-order valence-corrected chi connectivity index (χ1v) is 8.25. The molecule has 0 aromatic heterocycles. The third-order valence-electron chi connectivity index (χ3n) is 3.71. The van der Waals surface area contributed by atoms with Crippen molar-refractivity contribution in [3.8, 4) is 11.5 Å². The number of halogens is 3. The van der Waals surface area contributed by atoms with Gasteiger partial charge in [0.15, 0.2) is 11.5 Å². The van der Waals surface area contributed by atoms with E-state index >= 15 is 0 Å². The van der Waals surface area contributed by atoms with Gasteiger partial charge in [-0.1, -0.05) is 18.2 Å². The van der Waals surface area contributed by atoms with Crippen LogP contribution in [0, 0.1) is 0 Å². The number of alkyl halides is 3. The van der Waals surface area contributed by atoms with Gasteiger partial charge in [0.2, 0.25) is 0 Å². The number of amides is 2. The Balaban J connectivity index is 1.96. The Morgan fingerprint density at radius 1 is 1.07 bits per heavy atom. The average Bonchev–Trinajstić information content (AvgIpc) is 2.71. The lowest BCUT2D eigenvalue weighted by Gasteiger charge is -2.12. The van der Waals surface area contributed by atoms with E-state index in [0.29, 0.717) is 17.1 Å². The molecule has 0 aliphatic heterocycles. The molecule has 2 N–H and O–H groups in total. The van der Waals surface area contributed by atoms with E-state index in [1.165, 1.54) is 32.6 Å². The van der Waals surface area contributed by atoms with E-state index in [9.17, 15) is 22.8 Å². The predicted molar refractivity (Wildman–Crippen MR) is 99.1 cm³/mol. The summed E-state index contributed by atoms with van der Waals surface area (Å²) in [4.78, 5) is 23.8. The zero-order chi connectivity index (χ0) is 21.4. The molecule has 0 saturated carbocycles. The lowest BCUT2D eigenvalue weighted by molar-refractivity contribution is -0.137. The first-order chi connectivity index (χ1) is 13.8. The number of nitrogens with one attached hydrogen (secondary N) is 2. The van der Waals surface area contributed by atoms with Gasteiger partial charge in [-0.15, -0.1) is 0 Å². The molecule has 154 valence electrons. The van der Waals surface area contributed by atoms with Crippen LogP contribution in [0.3, 0.4) is 0 Å². The quantitative estimate of drug-likeness (QED) is 0.544. The molecule has 2 amide bonds. The van der Waals surface area contributed by atoms with Crippen LogP contribution >= 0.6 is 0 Å². The van der Waals surface area contributed by atoms with Gasteiger partial charge in [0.25, 0.3) is 11.8 Å². The van der Waals surface area contributed by atoms with E-state index in [1.54, 1.807) is 18.2 Å². The number of hydrogen-bond acceptors (Lipinski definition) is 5. The van der Waals surface area contributed by atoms with Gasteiger partial charge in [0.05, 0.1) is 38.1 Å². The van der Waals surface area contributed by atoms with Crippen LogP contribution in [0.2, 0.25) is 0 Å². The van der Waals surface area contributed by atoms with Gasteiger partial charge in [-0.2, -0.15) is 18.3 Å². The number of methoxy groups -OCH3 is 2. The van der Waals surface area contributed by atoms with Gasteiger partial charge in [-0.25, -0.2) is 5.43 Å². The molecule has 0 bridgehead atoms. The van der Waals surface area contributed by atoms with Gasteiger partial charge < -0.3 is 14.8 Å². The molecule has 0 aliphatic carbocycles. The number of hydrazone groups is 1. The van der Waals surface area contributed by atoms with Crippen molar-refractivity contribution in [3.05, 3.63) is 59.2 Å². The van der Waals surface area contributed by atoms with E-state index in [2.05, 4.69) is 15.8 Å². The predicted octanol–water partition coefficient (Wildman–Crippen LogP) is 2.60. The fourth-order valence-electron chi connectivity index (χ4n) is 2.41. The Labute approximate surface area is 164 Å². The number of nitrogens with zero attached hydrogens (tertiary/aromatic N) is 1. The largest absolute Gasteiger partial charge is 0.493 e. The smallest absolute Gasteiger partial charge is 0.417 e. The number of benzene rings is 2. The summed E-state index contributed by atoms with van der Waals surface area (Å²) in [6, 6.07) is 9.35. The van der Waals surface area contributed by atoms with Crippen molar-refractivity contribution in [2.45, 2.75) is 6.18 Å². The lowest BCUT2D eigenvalue weighted by atomic mass is 10.1. The van der Waals surface area contributed by atoms with Crippen LogP contribution in [0.15, 0.2) is 47.6 Å². The van der Waals surface area contributed by atoms with Crippen molar-refractivity contribution < 1.29 is 32.2 Å². The number of para-hydroxylation sites is 1. The first kappa shape index (κ1) is 21.7. The van der Waals surface area contributed by atoms with Crippen LogP contribution in [0.5, 0.6) is 11.5 Å². The summed E-state index contributed by atoms with van der Waals surface area (Å²) in [7, 11) is 2.92. The van der Waals surface area contributed by atoms with Gasteiger partial charge in [0.1, 0.15) is 0 Å². The van der Waals surface area contributed by atoms with Crippen LogP contribution in [0.25, 0.3) is 0 Å². The van der Waals surface area contributed by atoms with Crippen molar-refractivity contribution in [1.29, 1.82) is 0 Å². The van der Waals surface area contributed by atoms with Crippen LogP contribution in [0.1, 0.15) is 21.5 Å². The van der Waals surface area contributed by atoms with Crippen LogP contribution in [-0.2, 0) is 11.0 Å². The maximum atomic E-state index is 13.0. The minimum absolute atomic E-state index is 0.407. The summed E-state index contributed by atoms with van der Waals surface area (Å²) in [6.45, 7) is -0.558. The second-order valence-corrected chi connectivity index (χ2v) is 5.60. The highest BCUT2D eigenvalue weighted by molar-refractivity contribution is 5.98. The van der Waals surface area contributed by atoms with Crippen molar-refractivity contribution >= 4 is 18.0 Å². The molecule has 2 aromatic rings. The molecular weight excluding hydrogens is 391 g/mol. The van der Waals surface area contributed by atoms with Crippen LogP contribution in [-0.4, -0.2) is 38.8 Å². The zero-order valence-electron chi connectivity index (χ0n) is 15.5. The van der Waals surface area contributed by atoms with Crippen LogP contribution < -0.4 is 20.2 Å². The molecular formula is C19H18F3N3O4. The molecule has 0 spiro atoms. The van der Waals surface area contributed by atoms with E-state index in [0.717, 1.165) is 12.1 Å². The van der Waals surface area contributed by atoms with E-state index in [4.69, 9.17) is 9.47 Å². The van der Waals surface area contributed by atoms with Gasteiger partial charge in [-0.3, -0.25) is 9.59 Å². The minimum Gasteiger partial charge on any atom is -0.493 e. The highest BCUT2D eigenvalue weighted by Gasteiger charge is 2.34. The molecule has 0 unspecified atom stereocenters. The standard InChI is InChI=1S/C19H18F3N3O4/c1-28-15-9-5-6-12(17(15)29-2)10-24-25-16(26)11-23-18(27)13-7-3-4-8-14(13)19(20,21)22/h3-10H,11H2,1-2H3,(H,23,27)(H,25,26)/b24-10-. The lowest BCUT2D eigenvalue weighted by Crippen LogP contribution is -2.35. The fraction of sp³-hybridized carbons (Fsp3) is 0.211. The number of carbonyl (C=O) groups is 2. The number of ether oxygens (including phenoxy) is 2. The summed E-state index contributed by atoms with van der Waals surface area (Å²) < 4.78 is 49.2. The molecule has 0 atom stereocenters. The normalized spacial score (nSPS) is 11.2. The molecule has 0 radical (unpaired) electrons. The third kappa shape index (κ3) is 5.71. The second-order valence-electron chi connectivity index (χ2n) is 5.60. The molecule has 0 saturated heterocycles. The SMILES string of the molecule is COc1cccc(/C=N\NC(=O)CNC(=O)c2ccccc2C(F)(F)F)c1OC. The zero-order valence-corrected chi connectivity index (χ0v) is 15.5. The molecule has 0 aliphatic rings. The second kappa shape index (κ2) is 9.58. The Hall–Kier alpha value is -3.56. The summed E-state index contributed by atoms with van der Waals surface area (Å²) in [5.74, 6) is -0.865. The first-order valence-electron chi connectivity index (χ1n) is 8.25. The third-order valence-corrected chi connectivity index (χ3v) is 3.71. The maximum Gasteiger partial charge on any atom is 0.417 e.